The summed E-state index contributed by atoms with van der Waals surface area (Å²) in [6.45, 7) is 1.70. The lowest BCUT2D eigenvalue weighted by atomic mass is 9.91. The fourth-order valence-electron chi connectivity index (χ4n) is 4.27. The van der Waals surface area contributed by atoms with Crippen LogP contribution in [0.4, 0.5) is 11.5 Å². The zero-order chi connectivity index (χ0) is 20.5. The van der Waals surface area contributed by atoms with E-state index in [0.717, 1.165) is 48.8 Å². The second-order valence-corrected chi connectivity index (χ2v) is 8.17. The Kier molecular flexibility index (Phi) is 4.83. The van der Waals surface area contributed by atoms with Crippen LogP contribution in [0.3, 0.4) is 0 Å². The van der Waals surface area contributed by atoms with Crippen molar-refractivity contribution in [3.05, 3.63) is 77.9 Å². The number of benzene rings is 2. The third-order valence-corrected chi connectivity index (χ3v) is 5.90. The maximum atomic E-state index is 4.85. The normalized spacial score (nSPS) is 15.7. The van der Waals surface area contributed by atoms with Gasteiger partial charge in [-0.15, -0.1) is 10.2 Å². The molecule has 1 aliphatic rings. The number of anilines is 2. The van der Waals surface area contributed by atoms with Crippen LogP contribution in [0.1, 0.15) is 29.3 Å². The van der Waals surface area contributed by atoms with Gasteiger partial charge in [0.1, 0.15) is 18.0 Å². The molecule has 3 heterocycles. The summed E-state index contributed by atoms with van der Waals surface area (Å²) >= 11 is 0. The molecule has 30 heavy (non-hydrogen) atoms. The summed E-state index contributed by atoms with van der Waals surface area (Å²) in [5.74, 6) is 2.63. The number of aromatic nitrogens is 4. The van der Waals surface area contributed by atoms with Gasteiger partial charge in [-0.3, -0.25) is 0 Å². The van der Waals surface area contributed by atoms with Crippen molar-refractivity contribution in [1.29, 1.82) is 0 Å². The first-order valence-electron chi connectivity index (χ1n) is 10.4. The molecule has 2 aromatic heterocycles. The van der Waals surface area contributed by atoms with E-state index in [9.17, 15) is 0 Å². The van der Waals surface area contributed by atoms with E-state index in [0.29, 0.717) is 5.92 Å². The lowest BCUT2D eigenvalue weighted by Gasteiger charge is -2.23. The van der Waals surface area contributed by atoms with Gasteiger partial charge in [0.2, 0.25) is 0 Å². The highest BCUT2D eigenvalue weighted by Gasteiger charge is 2.20. The lowest BCUT2D eigenvalue weighted by molar-refractivity contribution is 0.456. The van der Waals surface area contributed by atoms with E-state index in [1.807, 2.05) is 26.5 Å². The van der Waals surface area contributed by atoms with Crippen LogP contribution in [0.25, 0.3) is 10.9 Å². The fraction of sp³-hybridized carbons (Fsp3) is 0.292. The first-order chi connectivity index (χ1) is 14.7. The third kappa shape index (κ3) is 3.61. The van der Waals surface area contributed by atoms with Gasteiger partial charge >= 0.3 is 0 Å². The van der Waals surface area contributed by atoms with Crippen LogP contribution >= 0.6 is 0 Å². The van der Waals surface area contributed by atoms with Gasteiger partial charge in [-0.2, -0.15) is 0 Å². The number of para-hydroxylation sites is 1. The van der Waals surface area contributed by atoms with Crippen molar-refractivity contribution in [3.8, 4) is 0 Å². The Balaban J connectivity index is 1.31. The summed E-state index contributed by atoms with van der Waals surface area (Å²) in [6, 6.07) is 19.4. The lowest BCUT2D eigenvalue weighted by Crippen LogP contribution is -2.18. The summed E-state index contributed by atoms with van der Waals surface area (Å²) in [6.07, 6.45) is 3.96. The van der Waals surface area contributed by atoms with Gasteiger partial charge in [0.25, 0.3) is 0 Å². The molecule has 1 N–H and O–H groups in total. The number of aryl methyl sites for hydroxylation is 1. The van der Waals surface area contributed by atoms with E-state index in [1.165, 1.54) is 16.5 Å². The molecular formula is C24H26N6. The van der Waals surface area contributed by atoms with Crippen LogP contribution < -0.4 is 10.2 Å². The van der Waals surface area contributed by atoms with E-state index >= 15 is 0 Å². The van der Waals surface area contributed by atoms with Gasteiger partial charge in [0, 0.05) is 56.2 Å². The summed E-state index contributed by atoms with van der Waals surface area (Å²) in [5.41, 5.74) is 4.71. The van der Waals surface area contributed by atoms with E-state index in [2.05, 4.69) is 73.5 Å². The smallest absolute Gasteiger partial charge is 0.133 e. The van der Waals surface area contributed by atoms with Crippen LogP contribution in [0.2, 0.25) is 0 Å². The summed E-state index contributed by atoms with van der Waals surface area (Å²) < 4.78 is 2.18. The number of hydrogen-bond donors (Lipinski definition) is 1. The highest BCUT2D eigenvalue weighted by Crippen LogP contribution is 2.29. The molecule has 0 amide bonds. The van der Waals surface area contributed by atoms with Crippen LogP contribution in [0, 0.1) is 0 Å². The highest BCUT2D eigenvalue weighted by atomic mass is 15.3. The van der Waals surface area contributed by atoms with E-state index in [-0.39, 0.29) is 0 Å². The Hall–Kier alpha value is -3.41. The van der Waals surface area contributed by atoms with Crippen molar-refractivity contribution in [2.45, 2.75) is 31.8 Å². The third-order valence-electron chi connectivity index (χ3n) is 5.90. The van der Waals surface area contributed by atoms with E-state index in [1.54, 1.807) is 0 Å². The van der Waals surface area contributed by atoms with Crippen molar-refractivity contribution in [1.82, 2.24) is 19.7 Å². The molecule has 5 rings (SSSR count). The second kappa shape index (κ2) is 7.78. The van der Waals surface area contributed by atoms with Gasteiger partial charge in [0.05, 0.1) is 5.52 Å². The maximum Gasteiger partial charge on any atom is 0.133 e. The average Bonchev–Trinajstić information content (AvgIpc) is 3.25. The van der Waals surface area contributed by atoms with E-state index < -0.39 is 0 Å². The number of rotatable bonds is 5. The predicted octanol–water partition coefficient (Wildman–Crippen LogP) is 4.23. The van der Waals surface area contributed by atoms with E-state index in [4.69, 9.17) is 4.98 Å². The number of fused-ring (bicyclic) bond motifs is 2. The zero-order valence-corrected chi connectivity index (χ0v) is 17.4. The van der Waals surface area contributed by atoms with Crippen molar-refractivity contribution in [2.24, 2.45) is 0 Å². The molecule has 0 spiro atoms. The summed E-state index contributed by atoms with van der Waals surface area (Å²) in [7, 11) is 4.08. The monoisotopic (exact) mass is 398 g/mol. The predicted molar refractivity (Wildman–Crippen MR) is 121 cm³/mol. The summed E-state index contributed by atoms with van der Waals surface area (Å²) in [5, 5.41) is 13.0. The molecule has 6 nitrogen and oxygen atoms in total. The highest BCUT2D eigenvalue weighted by molar-refractivity contribution is 5.81. The van der Waals surface area contributed by atoms with Gasteiger partial charge in [-0.05, 0) is 36.2 Å². The molecule has 4 aromatic rings. The minimum absolute atomic E-state index is 0.521. The van der Waals surface area contributed by atoms with Crippen molar-refractivity contribution in [3.63, 3.8) is 0 Å². The molecule has 1 aliphatic heterocycles. The molecule has 2 aromatic carbocycles. The molecule has 0 saturated heterocycles. The Morgan fingerprint density at radius 1 is 1.10 bits per heavy atom. The molecular weight excluding hydrogens is 372 g/mol. The number of hydrogen-bond acceptors (Lipinski definition) is 5. The minimum Gasteiger partial charge on any atom is -0.381 e. The van der Waals surface area contributed by atoms with Crippen molar-refractivity contribution in [2.75, 3.05) is 24.3 Å². The molecule has 1 unspecified atom stereocenters. The van der Waals surface area contributed by atoms with Crippen molar-refractivity contribution < 1.29 is 0 Å². The SMILES string of the molecule is CN(C)c1nc2ccccc2cc1CNc1ccc(C2CCc3nncn3C2)cc1. The Morgan fingerprint density at radius 2 is 1.93 bits per heavy atom. The summed E-state index contributed by atoms with van der Waals surface area (Å²) in [4.78, 5) is 6.93. The molecule has 0 bridgehead atoms. The first kappa shape index (κ1) is 18.6. The number of nitrogens with zero attached hydrogens (tertiary/aromatic N) is 5. The standard InChI is InChI=1S/C24H26N6/c1-29(2)24-20(13-18-5-3-4-6-22(18)27-24)14-25-21-10-7-17(8-11-21)19-9-12-23-28-26-16-30(23)15-19/h3-8,10-11,13,16,19,25H,9,12,14-15H2,1-2H3. The quantitative estimate of drug-likeness (QED) is 0.545. The fourth-order valence-corrected chi connectivity index (χ4v) is 4.27. The van der Waals surface area contributed by atoms with Crippen LogP contribution in [0.5, 0.6) is 0 Å². The molecule has 0 radical (unpaired) electrons. The van der Waals surface area contributed by atoms with Crippen LogP contribution in [0.15, 0.2) is 60.9 Å². The van der Waals surface area contributed by atoms with Crippen LogP contribution in [-0.4, -0.2) is 33.8 Å². The Labute approximate surface area is 176 Å². The largest absolute Gasteiger partial charge is 0.381 e. The molecule has 0 fully saturated rings. The number of nitrogens with one attached hydrogen (secondary N) is 1. The molecule has 0 aliphatic carbocycles. The molecule has 1 atom stereocenters. The molecule has 152 valence electrons. The van der Waals surface area contributed by atoms with Crippen molar-refractivity contribution >= 4 is 22.4 Å². The molecule has 6 heteroatoms. The first-order valence-corrected chi connectivity index (χ1v) is 10.4. The van der Waals surface area contributed by atoms with Crippen LogP contribution in [-0.2, 0) is 19.5 Å². The zero-order valence-electron chi connectivity index (χ0n) is 17.4. The maximum absolute atomic E-state index is 4.85. The average molecular weight is 399 g/mol. The molecule has 0 saturated carbocycles. The van der Waals surface area contributed by atoms with Gasteiger partial charge in [0.15, 0.2) is 0 Å². The van der Waals surface area contributed by atoms with Gasteiger partial charge < -0.3 is 14.8 Å². The Bertz CT molecular complexity index is 1160. The Morgan fingerprint density at radius 3 is 2.77 bits per heavy atom. The van der Waals surface area contributed by atoms with Gasteiger partial charge in [-0.1, -0.05) is 30.3 Å². The number of pyridine rings is 1. The topological polar surface area (TPSA) is 58.9 Å². The van der Waals surface area contributed by atoms with Gasteiger partial charge in [-0.25, -0.2) is 4.98 Å². The minimum atomic E-state index is 0.521. The second-order valence-electron chi connectivity index (χ2n) is 8.17.